The van der Waals surface area contributed by atoms with Gasteiger partial charge in [0.15, 0.2) is 17.3 Å². The largest absolute Gasteiger partial charge is 0.493 e. The molecule has 166 valence electrons. The van der Waals surface area contributed by atoms with Gasteiger partial charge < -0.3 is 18.9 Å². The van der Waals surface area contributed by atoms with Gasteiger partial charge in [0.2, 0.25) is 5.75 Å². The van der Waals surface area contributed by atoms with Crippen molar-refractivity contribution in [1.82, 2.24) is 9.78 Å². The molecular formula is C22H27N3O5S. The van der Waals surface area contributed by atoms with Crippen molar-refractivity contribution < 1.29 is 18.9 Å². The first-order valence-corrected chi connectivity index (χ1v) is 11.4. The van der Waals surface area contributed by atoms with Crippen molar-refractivity contribution in [1.29, 1.82) is 0 Å². The average molecular weight is 446 g/mol. The molecule has 3 aliphatic rings. The first kappa shape index (κ1) is 20.5. The van der Waals surface area contributed by atoms with E-state index in [1.807, 2.05) is 23.7 Å². The van der Waals surface area contributed by atoms with Crippen LogP contribution in [0.3, 0.4) is 0 Å². The quantitative estimate of drug-likeness (QED) is 0.769. The third-order valence-electron chi connectivity index (χ3n) is 5.94. The molecule has 1 saturated heterocycles. The van der Waals surface area contributed by atoms with Crippen LogP contribution in [0.4, 0.5) is 5.82 Å². The molecule has 8 nitrogen and oxygen atoms in total. The number of aromatic nitrogens is 2. The molecule has 1 fully saturated rings. The van der Waals surface area contributed by atoms with Crippen LogP contribution in [0.25, 0.3) is 0 Å². The van der Waals surface area contributed by atoms with Gasteiger partial charge in [0.1, 0.15) is 13.2 Å². The summed E-state index contributed by atoms with van der Waals surface area (Å²) in [5, 5.41) is 3.77. The van der Waals surface area contributed by atoms with E-state index >= 15 is 0 Å². The fourth-order valence-corrected chi connectivity index (χ4v) is 5.66. The van der Waals surface area contributed by atoms with Crippen LogP contribution in [-0.2, 0) is 4.74 Å². The minimum Gasteiger partial charge on any atom is -0.493 e. The van der Waals surface area contributed by atoms with Crippen LogP contribution < -0.4 is 19.8 Å². The Kier molecular flexibility index (Phi) is 5.05. The summed E-state index contributed by atoms with van der Waals surface area (Å²) in [5.41, 5.74) is 1.25. The first-order chi connectivity index (χ1) is 14.9. The highest BCUT2D eigenvalue weighted by atomic mass is 32.2. The summed E-state index contributed by atoms with van der Waals surface area (Å²) in [5.74, 6) is 2.57. The monoisotopic (exact) mass is 445 g/mol. The number of fused-ring (bicyclic) bond motifs is 2. The van der Waals surface area contributed by atoms with E-state index in [0.717, 1.165) is 23.4 Å². The van der Waals surface area contributed by atoms with Crippen LogP contribution >= 0.6 is 11.8 Å². The Morgan fingerprint density at radius 2 is 2.06 bits per heavy atom. The predicted molar refractivity (Wildman–Crippen MR) is 120 cm³/mol. The Hall–Kier alpha value is -2.39. The lowest BCUT2D eigenvalue weighted by atomic mass is 9.94. The van der Waals surface area contributed by atoms with Crippen molar-refractivity contribution >= 4 is 22.6 Å². The Balaban J connectivity index is 1.60. The molecule has 1 aromatic heterocycles. The summed E-state index contributed by atoms with van der Waals surface area (Å²) >= 11 is 1.57. The van der Waals surface area contributed by atoms with E-state index in [9.17, 15) is 4.79 Å². The molecule has 9 heteroatoms. The van der Waals surface area contributed by atoms with Crippen LogP contribution in [0, 0.1) is 0 Å². The van der Waals surface area contributed by atoms with Gasteiger partial charge in [-0.2, -0.15) is 0 Å². The number of H-pyrrole nitrogens is 1. The molecule has 1 aromatic carbocycles. The normalized spacial score (nSPS) is 24.3. The van der Waals surface area contributed by atoms with Crippen LogP contribution in [-0.4, -0.2) is 47.4 Å². The van der Waals surface area contributed by atoms with E-state index < -0.39 is 0 Å². The smallest absolute Gasteiger partial charge is 0.271 e. The van der Waals surface area contributed by atoms with Crippen molar-refractivity contribution in [2.75, 3.05) is 26.9 Å². The third-order valence-corrected chi connectivity index (χ3v) is 7.11. The zero-order valence-corrected chi connectivity index (χ0v) is 19.0. The highest BCUT2D eigenvalue weighted by Crippen LogP contribution is 2.49. The molecule has 0 saturated carbocycles. The zero-order valence-electron chi connectivity index (χ0n) is 18.2. The van der Waals surface area contributed by atoms with Gasteiger partial charge in [0.05, 0.1) is 34.6 Å². The third kappa shape index (κ3) is 3.63. The zero-order chi connectivity index (χ0) is 21.8. The number of rotatable bonds is 3. The Bertz CT molecular complexity index is 1090. The van der Waals surface area contributed by atoms with Crippen LogP contribution in [0.1, 0.15) is 56.0 Å². The van der Waals surface area contributed by atoms with E-state index in [2.05, 4.69) is 18.9 Å². The number of nitrogens with one attached hydrogen (secondary N) is 1. The van der Waals surface area contributed by atoms with Crippen LogP contribution in [0.15, 0.2) is 21.9 Å². The summed E-state index contributed by atoms with van der Waals surface area (Å²) in [7, 11) is 1.61. The van der Waals surface area contributed by atoms with Gasteiger partial charge in [-0.05, 0) is 51.3 Å². The number of thioether (sulfide) groups is 1. The SMILES string of the molecule is COc1cc([C@@H]2SC(C)=Nc3c2c(=O)[nH]n3[C@@H]2CCOC(C)(C)C2)cc2c1OCCO2. The average Bonchev–Trinajstić information content (AvgIpc) is 3.07. The predicted octanol–water partition coefficient (Wildman–Crippen LogP) is 3.97. The minimum absolute atomic E-state index is 0.109. The molecule has 3 aliphatic heterocycles. The van der Waals surface area contributed by atoms with Gasteiger partial charge in [-0.25, -0.2) is 4.99 Å². The lowest BCUT2D eigenvalue weighted by Gasteiger charge is -2.36. The van der Waals surface area contributed by atoms with Crippen LogP contribution in [0.5, 0.6) is 17.2 Å². The molecule has 2 aromatic rings. The number of aromatic amines is 1. The van der Waals surface area contributed by atoms with Gasteiger partial charge in [-0.15, -0.1) is 0 Å². The molecule has 31 heavy (non-hydrogen) atoms. The van der Waals surface area contributed by atoms with Crippen molar-refractivity contribution in [2.45, 2.75) is 50.5 Å². The topological polar surface area (TPSA) is 87.1 Å². The number of ether oxygens (including phenoxy) is 4. The standard InChI is InChI=1S/C22H27N3O5S/c1-12-23-20-17(21(26)24-25(20)14-5-6-30-22(2,3)11-14)19(31-12)13-9-15(27-4)18-16(10-13)28-7-8-29-18/h9-10,14,19H,5-8,11H2,1-4H3,(H,24,26)/t14-,19+/m1/s1. The number of methoxy groups -OCH3 is 1. The summed E-state index contributed by atoms with van der Waals surface area (Å²) in [6.07, 6.45) is 1.65. The van der Waals surface area contributed by atoms with Crippen molar-refractivity contribution in [3.8, 4) is 17.2 Å². The summed E-state index contributed by atoms with van der Waals surface area (Å²) in [4.78, 5) is 17.9. The minimum atomic E-state index is -0.234. The van der Waals surface area contributed by atoms with Gasteiger partial charge in [0, 0.05) is 6.61 Å². The second-order valence-electron chi connectivity index (χ2n) is 8.68. The highest BCUT2D eigenvalue weighted by molar-refractivity contribution is 8.14. The lowest BCUT2D eigenvalue weighted by molar-refractivity contribution is -0.0705. The van der Waals surface area contributed by atoms with Gasteiger partial charge in [-0.3, -0.25) is 14.6 Å². The highest BCUT2D eigenvalue weighted by Gasteiger charge is 2.36. The Labute approximate surface area is 184 Å². The van der Waals surface area contributed by atoms with E-state index in [-0.39, 0.29) is 22.5 Å². The molecular weight excluding hydrogens is 418 g/mol. The fraction of sp³-hybridized carbons (Fsp3) is 0.545. The summed E-state index contributed by atoms with van der Waals surface area (Å²) < 4.78 is 24.9. The maximum Gasteiger partial charge on any atom is 0.271 e. The molecule has 0 spiro atoms. The molecule has 0 unspecified atom stereocenters. The molecule has 0 radical (unpaired) electrons. The Morgan fingerprint density at radius 1 is 1.26 bits per heavy atom. The van der Waals surface area contributed by atoms with Gasteiger partial charge in [-0.1, -0.05) is 11.8 Å². The first-order valence-electron chi connectivity index (χ1n) is 10.5. The molecule has 0 aliphatic carbocycles. The number of benzene rings is 1. The van der Waals surface area contributed by atoms with E-state index in [0.29, 0.717) is 48.5 Å². The van der Waals surface area contributed by atoms with Gasteiger partial charge in [0.25, 0.3) is 5.56 Å². The molecule has 1 N–H and O–H groups in total. The second-order valence-corrected chi connectivity index (χ2v) is 9.98. The second kappa shape index (κ2) is 7.63. The number of nitrogens with zero attached hydrogens (tertiary/aromatic N) is 2. The lowest BCUT2D eigenvalue weighted by Crippen LogP contribution is -2.35. The number of aliphatic imine (C=N–C) groups is 1. The maximum atomic E-state index is 13.1. The molecule has 2 atom stereocenters. The van der Waals surface area contributed by atoms with E-state index in [4.69, 9.17) is 23.9 Å². The van der Waals surface area contributed by atoms with Crippen molar-refractivity contribution in [3.63, 3.8) is 0 Å². The van der Waals surface area contributed by atoms with Crippen molar-refractivity contribution in [3.05, 3.63) is 33.6 Å². The number of hydrogen-bond acceptors (Lipinski definition) is 7. The van der Waals surface area contributed by atoms with Crippen LogP contribution in [0.2, 0.25) is 0 Å². The van der Waals surface area contributed by atoms with E-state index in [1.165, 1.54) is 0 Å². The van der Waals surface area contributed by atoms with E-state index in [1.54, 1.807) is 18.9 Å². The molecule has 0 bridgehead atoms. The molecule has 4 heterocycles. The maximum absolute atomic E-state index is 13.1. The fourth-order valence-electron chi connectivity index (χ4n) is 4.57. The van der Waals surface area contributed by atoms with Gasteiger partial charge >= 0.3 is 0 Å². The molecule has 0 amide bonds. The van der Waals surface area contributed by atoms with Crippen molar-refractivity contribution in [2.24, 2.45) is 4.99 Å². The number of hydrogen-bond donors (Lipinski definition) is 1. The molecule has 5 rings (SSSR count). The summed E-state index contributed by atoms with van der Waals surface area (Å²) in [6.45, 7) is 7.78. The summed E-state index contributed by atoms with van der Waals surface area (Å²) in [6, 6.07) is 4.02. The Morgan fingerprint density at radius 3 is 2.84 bits per heavy atom.